The van der Waals surface area contributed by atoms with Gasteiger partial charge in [-0.3, -0.25) is 44.0 Å². The molecule has 18 rings (SSSR count). The van der Waals surface area contributed by atoms with Crippen LogP contribution in [0.1, 0.15) is 127 Å². The summed E-state index contributed by atoms with van der Waals surface area (Å²) < 4.78 is 12.3. The van der Waals surface area contributed by atoms with E-state index in [1.54, 1.807) is 37.2 Å². The maximum absolute atomic E-state index is 13.2. The molecule has 0 spiro atoms. The molecule has 6 aromatic carbocycles. The van der Waals surface area contributed by atoms with Gasteiger partial charge in [-0.15, -0.1) is 10.2 Å². The van der Waals surface area contributed by atoms with Gasteiger partial charge in [0.1, 0.15) is 17.5 Å². The number of likely N-dealkylation sites (N-methyl/N-ethyl adjacent to an activating group) is 3. The minimum absolute atomic E-state index is 0.123. The van der Waals surface area contributed by atoms with E-state index in [9.17, 15) is 14.4 Å². The number of rotatable bonds is 27. The fourth-order valence-electron chi connectivity index (χ4n) is 16.0. The molecule has 3 fully saturated rings. The van der Waals surface area contributed by atoms with E-state index in [1.165, 1.54) is 51.3 Å². The van der Waals surface area contributed by atoms with E-state index in [4.69, 9.17) is 15.0 Å². The Labute approximate surface area is 760 Å². The highest BCUT2D eigenvalue weighted by molar-refractivity contribution is 7.10. The van der Waals surface area contributed by atoms with Gasteiger partial charge < -0.3 is 14.7 Å². The Bertz CT molecular complexity index is 6060. The Morgan fingerprint density at radius 3 is 1.01 bits per heavy atom. The van der Waals surface area contributed by atoms with Crippen LogP contribution in [0.25, 0.3) is 65.1 Å². The van der Waals surface area contributed by atoms with E-state index in [2.05, 4.69) is 217 Å². The van der Waals surface area contributed by atoms with Gasteiger partial charge in [-0.25, -0.2) is 34.3 Å². The molecule has 3 aliphatic heterocycles. The molecule has 0 N–H and O–H groups in total. The van der Waals surface area contributed by atoms with Crippen molar-refractivity contribution in [2.24, 2.45) is 0 Å². The van der Waals surface area contributed by atoms with Crippen molar-refractivity contribution in [2.45, 2.75) is 92.8 Å². The van der Waals surface area contributed by atoms with Crippen molar-refractivity contribution in [1.29, 1.82) is 0 Å². The van der Waals surface area contributed by atoms with Crippen LogP contribution in [0, 0.1) is 34.6 Å². The van der Waals surface area contributed by atoms with Crippen LogP contribution >= 0.6 is 34.6 Å². The maximum atomic E-state index is 13.2. The number of aryl methyl sites for hydroxylation is 5. The van der Waals surface area contributed by atoms with Gasteiger partial charge in [-0.1, -0.05) is 136 Å². The molecule has 0 unspecified atom stereocenters. The summed E-state index contributed by atoms with van der Waals surface area (Å²) >= 11 is 4.17. The Hall–Kier alpha value is -12.5. The van der Waals surface area contributed by atoms with Crippen LogP contribution < -0.4 is 0 Å². The molecular weight excluding hydrogens is 1650 g/mol. The normalized spacial score (nSPS) is 14.2. The Balaban J connectivity index is 0.000000141. The SMILES string of the molecule is Cc1ccc(CC(=O)c2ccc(CN3CCN(C)CC3)cc2)cc1Cc1nccc(-c2cncc(-c3cnns3)c2)n1.Cc1ccc(CC(=O)c2ccc(CN3CCN(C)CC3)cc2)cc1Cc1nccc(-c2cncc(-c3sncc3C)c2)n1.Cc1ccc(CC(=O)c2ccc(CN3CCN(C)CC3)cc2)cc1Cc1nccc(-c2cncc(-c3snnc3C)c2)n1. The summed E-state index contributed by atoms with van der Waals surface area (Å²) in [4.78, 5) is 98.7. The average molecular weight is 1750 g/mol. The lowest BCUT2D eigenvalue weighted by Crippen LogP contribution is -2.43. The fourth-order valence-corrected chi connectivity index (χ4v) is 17.9. The van der Waals surface area contributed by atoms with Crippen LogP contribution in [0.4, 0.5) is 0 Å². The van der Waals surface area contributed by atoms with Gasteiger partial charge in [0.25, 0.3) is 0 Å². The summed E-state index contributed by atoms with van der Waals surface area (Å²) in [6.07, 6.45) is 22.8. The lowest BCUT2D eigenvalue weighted by atomic mass is 9.97. The monoisotopic (exact) mass is 1750 g/mol. The summed E-state index contributed by atoms with van der Waals surface area (Å²) in [6.45, 7) is 26.2. The number of pyridine rings is 3. The third-order valence-corrected chi connectivity index (χ3v) is 26.5. The molecule has 0 radical (unpaired) electrons. The maximum Gasteiger partial charge on any atom is 0.167 e. The summed E-state index contributed by atoms with van der Waals surface area (Å²) in [7, 11) is 6.51. The van der Waals surface area contributed by atoms with Crippen molar-refractivity contribution in [3.05, 3.63) is 344 Å². The van der Waals surface area contributed by atoms with E-state index in [0.29, 0.717) is 38.5 Å². The Morgan fingerprint density at radius 2 is 0.672 bits per heavy atom. The first kappa shape index (κ1) is 88.9. The largest absolute Gasteiger partial charge is 0.304 e. The standard InChI is InChI=1S/C35H36N6OS.C34H35N7OS.C33H33N7OS/c1-24-4-5-27(17-33(42)28-8-6-26(7-9-28)23-41-14-12-40(3)13-15-41)16-29(24)19-34-37-11-10-32(39-34)30-18-31(22-36-21-30)35-25(2)20-38-43-35;1-23-4-5-26(17-32(42)27-8-6-25(7-9-27)22-41-14-12-40(3)13-15-41)16-28(23)19-33-36-11-10-31(37-33)29-18-30(21-35-20-29)34-24(2)38-39-43-34;1-23-3-4-25(16-31(41)26-7-5-24(6-8-26)22-40-13-11-39(2)12-14-40)15-27(23)18-33-35-10-9-30(37-33)28-17-29(20-34-19-28)32-21-36-38-42-32/h4-11,16,18,20-22H,12-15,17,19,23H2,1-3H3;4-11,16,18,20-21H,12-15,17,19,22H2,1-3H3;3-10,15,17,19-21H,11-14,16,18,22H2,1-2H3. The summed E-state index contributed by atoms with van der Waals surface area (Å²) in [5.74, 6) is 2.55. The number of carbonyl (C=O) groups excluding carboxylic acids is 3. The molecular formula is C102H104N20O3S3. The summed E-state index contributed by atoms with van der Waals surface area (Å²) in [5, 5.41) is 8.05. The first-order valence-corrected chi connectivity index (χ1v) is 45.8. The van der Waals surface area contributed by atoms with Gasteiger partial charge in [0.2, 0.25) is 0 Å². The van der Waals surface area contributed by atoms with E-state index < -0.39 is 0 Å². The summed E-state index contributed by atoms with van der Waals surface area (Å²) in [5.41, 5.74) is 26.0. The molecule has 128 heavy (non-hydrogen) atoms. The zero-order valence-electron chi connectivity index (χ0n) is 73.7. The number of piperazine rings is 3. The number of hydrogen-bond donors (Lipinski definition) is 0. The van der Waals surface area contributed by atoms with Gasteiger partial charge in [0.05, 0.1) is 43.6 Å². The first-order valence-electron chi connectivity index (χ1n) is 43.5. The molecule has 0 aliphatic carbocycles. The second-order valence-corrected chi connectivity index (χ2v) is 36.1. The van der Waals surface area contributed by atoms with Gasteiger partial charge in [0, 0.05) is 249 Å². The molecule has 9 aromatic heterocycles. The van der Waals surface area contributed by atoms with Gasteiger partial charge in [0.15, 0.2) is 17.3 Å². The topological polar surface area (TPSA) is 251 Å². The van der Waals surface area contributed by atoms with Gasteiger partial charge >= 0.3 is 0 Å². The highest BCUT2D eigenvalue weighted by Gasteiger charge is 2.22. The molecule has 0 atom stereocenters. The number of aromatic nitrogens is 14. The quantitative estimate of drug-likeness (QED) is 0.0434. The predicted molar refractivity (Wildman–Crippen MR) is 508 cm³/mol. The van der Waals surface area contributed by atoms with Crippen LogP contribution in [0.5, 0.6) is 0 Å². The molecule has 0 bridgehead atoms. The van der Waals surface area contributed by atoms with Crippen LogP contribution in [-0.4, -0.2) is 215 Å². The molecule has 15 aromatic rings. The van der Waals surface area contributed by atoms with Crippen molar-refractivity contribution in [1.82, 2.24) is 97.8 Å². The minimum atomic E-state index is 0.123. The van der Waals surface area contributed by atoms with Gasteiger partial charge in [-0.05, 0) is 199 Å². The van der Waals surface area contributed by atoms with E-state index in [-0.39, 0.29) is 17.3 Å². The number of hydrogen-bond acceptors (Lipinski definition) is 26. The van der Waals surface area contributed by atoms with Crippen molar-refractivity contribution in [3.63, 3.8) is 0 Å². The van der Waals surface area contributed by atoms with Crippen molar-refractivity contribution in [3.8, 4) is 65.1 Å². The number of ketones is 3. The second kappa shape index (κ2) is 42.4. The third-order valence-electron chi connectivity index (χ3n) is 24.0. The number of nitrogens with zero attached hydrogens (tertiary/aromatic N) is 20. The zero-order chi connectivity index (χ0) is 88.4. The highest BCUT2D eigenvalue weighted by Crippen LogP contribution is 2.33. The van der Waals surface area contributed by atoms with Crippen molar-refractivity contribution in [2.75, 3.05) is 99.7 Å². The molecule has 12 heterocycles. The highest BCUT2D eigenvalue weighted by atomic mass is 32.1. The molecule has 648 valence electrons. The second-order valence-electron chi connectivity index (χ2n) is 33.7. The predicted octanol–water partition coefficient (Wildman–Crippen LogP) is 16.6. The summed E-state index contributed by atoms with van der Waals surface area (Å²) in [6, 6.07) is 55.1. The third kappa shape index (κ3) is 23.8. The number of benzene rings is 6. The first-order chi connectivity index (χ1) is 62.3. The Morgan fingerprint density at radius 1 is 0.328 bits per heavy atom. The van der Waals surface area contributed by atoms with Gasteiger partial charge in [-0.2, -0.15) is 0 Å². The smallest absolute Gasteiger partial charge is 0.167 e. The van der Waals surface area contributed by atoms with Crippen molar-refractivity contribution < 1.29 is 14.4 Å². The average Bonchev–Trinajstić information content (AvgIpc) is 1.40. The number of carbonyl (C=O) groups is 3. The number of Topliss-reactive ketones (excluding diaryl/α,β-unsaturated/α-hetero) is 3. The van der Waals surface area contributed by atoms with Crippen LogP contribution in [-0.2, 0) is 58.2 Å². The Kier molecular flexibility index (Phi) is 29.5. The van der Waals surface area contributed by atoms with E-state index in [0.717, 1.165) is 259 Å². The molecule has 0 amide bonds. The molecule has 0 saturated carbocycles. The van der Waals surface area contributed by atoms with E-state index in [1.807, 2.05) is 117 Å². The molecule has 3 aliphatic rings. The van der Waals surface area contributed by atoms with Crippen LogP contribution in [0.3, 0.4) is 0 Å². The van der Waals surface area contributed by atoms with Crippen LogP contribution in [0.15, 0.2) is 232 Å². The molecule has 26 heteroatoms. The zero-order valence-corrected chi connectivity index (χ0v) is 76.1. The lowest BCUT2D eigenvalue weighted by Gasteiger charge is -2.32. The molecule has 23 nitrogen and oxygen atoms in total. The van der Waals surface area contributed by atoms with E-state index >= 15 is 0 Å². The van der Waals surface area contributed by atoms with Crippen molar-refractivity contribution >= 4 is 51.9 Å². The molecule has 3 saturated heterocycles. The fraction of sp³-hybridized carbons (Fsp3) is 0.284. The lowest BCUT2D eigenvalue weighted by molar-refractivity contribution is 0.0984. The minimum Gasteiger partial charge on any atom is -0.304 e. The van der Waals surface area contributed by atoms with Crippen LogP contribution in [0.2, 0.25) is 0 Å².